The number of aliphatic hydroxyl groups is 2. The summed E-state index contributed by atoms with van der Waals surface area (Å²) in [5.41, 5.74) is 0.272. The van der Waals surface area contributed by atoms with Gasteiger partial charge in [0.2, 0.25) is 0 Å². The van der Waals surface area contributed by atoms with Gasteiger partial charge in [-0.3, -0.25) is 0 Å². The van der Waals surface area contributed by atoms with E-state index in [2.05, 4.69) is 12.6 Å². The molecule has 0 aliphatic heterocycles. The Labute approximate surface area is 98.7 Å². The molecule has 0 aromatic heterocycles. The van der Waals surface area contributed by atoms with E-state index in [1.54, 1.807) is 6.07 Å². The smallest absolute Gasteiger partial charge is 0.122 e. The largest absolute Gasteiger partial charge is 0.508 e. The maximum atomic E-state index is 9.70. The lowest BCUT2D eigenvalue weighted by Crippen LogP contribution is -2.18. The van der Waals surface area contributed by atoms with Crippen molar-refractivity contribution in [3.8, 4) is 5.75 Å². The van der Waals surface area contributed by atoms with Crippen molar-refractivity contribution in [3.05, 3.63) is 28.8 Å². The number of hydrogen-bond acceptors (Lipinski definition) is 4. The number of rotatable bonds is 4. The van der Waals surface area contributed by atoms with Crippen LogP contribution in [0.5, 0.6) is 5.75 Å². The second kappa shape index (κ2) is 5.61. The fourth-order valence-electron chi connectivity index (χ4n) is 1.26. The molecule has 0 aliphatic rings. The fraction of sp³-hybridized carbons (Fsp3) is 0.400. The molecular formula is C10H13ClO3S. The molecule has 1 aromatic carbocycles. The van der Waals surface area contributed by atoms with Crippen LogP contribution in [-0.2, 0) is 0 Å². The molecule has 2 atom stereocenters. The summed E-state index contributed by atoms with van der Waals surface area (Å²) >= 11 is 9.60. The summed E-state index contributed by atoms with van der Waals surface area (Å²) < 4.78 is 0. The van der Waals surface area contributed by atoms with E-state index >= 15 is 0 Å². The van der Waals surface area contributed by atoms with Crippen LogP contribution < -0.4 is 0 Å². The van der Waals surface area contributed by atoms with Crippen molar-refractivity contribution in [1.82, 2.24) is 0 Å². The van der Waals surface area contributed by atoms with Crippen molar-refractivity contribution in [1.29, 1.82) is 0 Å². The zero-order chi connectivity index (χ0) is 11.4. The third-order valence-corrected chi connectivity index (χ3v) is 2.59. The third-order valence-electron chi connectivity index (χ3n) is 2.10. The molecular weight excluding hydrogens is 236 g/mol. The van der Waals surface area contributed by atoms with Crippen LogP contribution >= 0.6 is 24.2 Å². The third kappa shape index (κ3) is 3.28. The number of phenolic OH excluding ortho intramolecular Hbond substituents is 1. The average molecular weight is 249 g/mol. The molecule has 15 heavy (non-hydrogen) atoms. The summed E-state index contributed by atoms with van der Waals surface area (Å²) in [4.78, 5) is 0. The van der Waals surface area contributed by atoms with Gasteiger partial charge in [-0.2, -0.15) is 12.6 Å². The highest BCUT2D eigenvalue weighted by molar-refractivity contribution is 7.80. The Morgan fingerprint density at radius 3 is 2.53 bits per heavy atom. The molecule has 84 valence electrons. The lowest BCUT2D eigenvalue weighted by atomic mass is 10.0. The molecule has 0 spiro atoms. The molecule has 0 amide bonds. The molecule has 0 aliphatic carbocycles. The van der Waals surface area contributed by atoms with E-state index in [0.29, 0.717) is 17.2 Å². The Balaban J connectivity index is 2.86. The van der Waals surface area contributed by atoms with Gasteiger partial charge in [-0.25, -0.2) is 0 Å². The molecule has 0 radical (unpaired) electrons. The zero-order valence-corrected chi connectivity index (χ0v) is 9.62. The van der Waals surface area contributed by atoms with E-state index in [1.807, 2.05) is 0 Å². The van der Waals surface area contributed by atoms with Crippen LogP contribution in [-0.4, -0.2) is 27.2 Å². The van der Waals surface area contributed by atoms with Crippen LogP contribution in [0.1, 0.15) is 18.1 Å². The highest BCUT2D eigenvalue weighted by atomic mass is 35.5. The van der Waals surface area contributed by atoms with Gasteiger partial charge in [0.25, 0.3) is 0 Å². The van der Waals surface area contributed by atoms with Crippen LogP contribution in [0.2, 0.25) is 5.02 Å². The molecule has 0 saturated heterocycles. The number of hydrogen-bond donors (Lipinski definition) is 4. The number of benzene rings is 1. The van der Waals surface area contributed by atoms with Crippen LogP contribution in [0.25, 0.3) is 0 Å². The van der Waals surface area contributed by atoms with Crippen molar-refractivity contribution < 1.29 is 15.3 Å². The van der Waals surface area contributed by atoms with Gasteiger partial charge in [0, 0.05) is 10.6 Å². The second-order valence-corrected chi connectivity index (χ2v) is 4.11. The molecule has 0 bridgehead atoms. The van der Waals surface area contributed by atoms with Crippen LogP contribution in [0.4, 0.5) is 0 Å². The Hall–Kier alpha value is -0.420. The van der Waals surface area contributed by atoms with Gasteiger partial charge in [-0.1, -0.05) is 17.7 Å². The highest BCUT2D eigenvalue weighted by Crippen LogP contribution is 2.29. The van der Waals surface area contributed by atoms with E-state index in [1.165, 1.54) is 12.1 Å². The first-order valence-electron chi connectivity index (χ1n) is 4.51. The van der Waals surface area contributed by atoms with Gasteiger partial charge < -0.3 is 15.3 Å². The summed E-state index contributed by atoms with van der Waals surface area (Å²) in [6.45, 7) is 0. The van der Waals surface area contributed by atoms with E-state index in [4.69, 9.17) is 11.6 Å². The summed E-state index contributed by atoms with van der Waals surface area (Å²) in [6.07, 6.45) is -1.70. The van der Waals surface area contributed by atoms with Crippen LogP contribution in [0, 0.1) is 0 Å². The number of aliphatic hydroxyl groups excluding tert-OH is 2. The number of halogens is 1. The van der Waals surface area contributed by atoms with E-state index in [9.17, 15) is 15.3 Å². The minimum Gasteiger partial charge on any atom is -0.508 e. The first-order chi connectivity index (χ1) is 7.06. The molecule has 0 heterocycles. The van der Waals surface area contributed by atoms with Crippen molar-refractivity contribution in [2.75, 3.05) is 5.75 Å². The Kier molecular flexibility index (Phi) is 4.73. The molecule has 2 unspecified atom stereocenters. The maximum absolute atomic E-state index is 9.70. The molecule has 0 fully saturated rings. The van der Waals surface area contributed by atoms with Gasteiger partial charge in [0.05, 0.1) is 6.10 Å². The lowest BCUT2D eigenvalue weighted by molar-refractivity contribution is 0.0159. The van der Waals surface area contributed by atoms with E-state index in [-0.39, 0.29) is 11.3 Å². The van der Waals surface area contributed by atoms with Crippen molar-refractivity contribution in [3.63, 3.8) is 0 Å². The predicted octanol–water partition coefficient (Wildman–Crippen LogP) is 1.76. The lowest BCUT2D eigenvalue weighted by Gasteiger charge is -2.18. The number of phenols is 1. The Bertz CT molecular complexity index is 332. The Morgan fingerprint density at radius 1 is 1.33 bits per heavy atom. The fourth-order valence-corrected chi connectivity index (χ4v) is 1.70. The van der Waals surface area contributed by atoms with Crippen LogP contribution in [0.3, 0.4) is 0 Å². The number of thiol groups is 1. The summed E-state index contributed by atoms with van der Waals surface area (Å²) in [5.74, 6) is 0.347. The molecule has 0 saturated carbocycles. The SMILES string of the molecule is Oc1cc(Cl)ccc1C(O)C(O)CCS. The van der Waals surface area contributed by atoms with Gasteiger partial charge in [0.15, 0.2) is 0 Å². The zero-order valence-electron chi connectivity index (χ0n) is 7.97. The molecule has 3 nitrogen and oxygen atoms in total. The maximum Gasteiger partial charge on any atom is 0.122 e. The molecule has 1 rings (SSSR count). The van der Waals surface area contributed by atoms with Gasteiger partial charge in [-0.05, 0) is 24.3 Å². The van der Waals surface area contributed by atoms with E-state index < -0.39 is 12.2 Å². The van der Waals surface area contributed by atoms with E-state index in [0.717, 1.165) is 0 Å². The first kappa shape index (κ1) is 12.6. The van der Waals surface area contributed by atoms with Crippen molar-refractivity contribution in [2.45, 2.75) is 18.6 Å². The quantitative estimate of drug-likeness (QED) is 0.614. The Morgan fingerprint density at radius 2 is 2.00 bits per heavy atom. The highest BCUT2D eigenvalue weighted by Gasteiger charge is 2.20. The van der Waals surface area contributed by atoms with Gasteiger partial charge >= 0.3 is 0 Å². The normalized spacial score (nSPS) is 14.9. The first-order valence-corrected chi connectivity index (χ1v) is 5.52. The minimum absolute atomic E-state index is 0.117. The summed E-state index contributed by atoms with van der Waals surface area (Å²) in [6, 6.07) is 4.37. The minimum atomic E-state index is -1.12. The van der Waals surface area contributed by atoms with Gasteiger partial charge in [0.1, 0.15) is 11.9 Å². The second-order valence-electron chi connectivity index (χ2n) is 3.23. The standard InChI is InChI=1S/C10H13ClO3S/c11-6-1-2-7(9(13)5-6)10(14)8(12)3-4-15/h1-2,5,8,10,12-15H,3-4H2. The molecule has 1 aromatic rings. The van der Waals surface area contributed by atoms with Crippen molar-refractivity contribution >= 4 is 24.2 Å². The topological polar surface area (TPSA) is 60.7 Å². The molecule has 5 heteroatoms. The summed E-state index contributed by atoms with van der Waals surface area (Å²) in [5, 5.41) is 29.1. The van der Waals surface area contributed by atoms with Crippen LogP contribution in [0.15, 0.2) is 18.2 Å². The average Bonchev–Trinajstić information content (AvgIpc) is 2.17. The predicted molar refractivity (Wildman–Crippen MR) is 62.6 cm³/mol. The monoisotopic (exact) mass is 248 g/mol. The number of aromatic hydroxyl groups is 1. The van der Waals surface area contributed by atoms with Gasteiger partial charge in [-0.15, -0.1) is 0 Å². The van der Waals surface area contributed by atoms with Crippen molar-refractivity contribution in [2.24, 2.45) is 0 Å². The summed E-state index contributed by atoms with van der Waals surface area (Å²) in [7, 11) is 0. The molecule has 3 N–H and O–H groups in total.